The predicted octanol–water partition coefficient (Wildman–Crippen LogP) is 3.14. The number of rotatable bonds is 11. The van der Waals surface area contributed by atoms with Gasteiger partial charge in [0.1, 0.15) is 0 Å². The summed E-state index contributed by atoms with van der Waals surface area (Å²) in [7, 11) is 0. The Morgan fingerprint density at radius 3 is 1.90 bits per heavy atom. The summed E-state index contributed by atoms with van der Waals surface area (Å²) in [6, 6.07) is -0.0134. The molecule has 0 amide bonds. The van der Waals surface area contributed by atoms with Crippen molar-refractivity contribution in [2.75, 3.05) is 38.5 Å². The van der Waals surface area contributed by atoms with Crippen LogP contribution in [0.15, 0.2) is 0 Å². The molecule has 0 aromatic heterocycles. The summed E-state index contributed by atoms with van der Waals surface area (Å²) in [5, 5.41) is 0. The van der Waals surface area contributed by atoms with Gasteiger partial charge in [-0.15, -0.1) is 0 Å². The molecule has 0 aliphatic heterocycles. The van der Waals surface area contributed by atoms with Crippen LogP contribution in [0.4, 0.5) is 0 Å². The van der Waals surface area contributed by atoms with Gasteiger partial charge in [0.05, 0.1) is 9.97 Å². The lowest BCUT2D eigenvalue weighted by Gasteiger charge is -2.34. The lowest BCUT2D eigenvalue weighted by atomic mass is 10.0. The Labute approximate surface area is 157 Å². The number of carbonyl (C=O) groups is 1. The number of ketones is 1. The minimum Gasteiger partial charge on any atom is -0.302 e. The molecular weight excluding hydrogens is 498 g/mol. The number of thiol groups is 1. The van der Waals surface area contributed by atoms with Crippen LogP contribution in [0.2, 0.25) is 0 Å². The Hall–Kier alpha value is 1.40. The first-order valence-corrected chi connectivity index (χ1v) is 10.5. The Bertz CT molecular complexity index is 274. The van der Waals surface area contributed by atoms with Crippen LogP contribution in [0.3, 0.4) is 0 Å². The molecule has 0 aromatic carbocycles. The molecule has 0 spiro atoms. The second-order valence-electron chi connectivity index (χ2n) is 4.72. The number of hydrogen-bond acceptors (Lipinski definition) is 4. The van der Waals surface area contributed by atoms with Gasteiger partial charge in [0.2, 0.25) is 0 Å². The van der Waals surface area contributed by atoms with Crippen LogP contribution in [-0.4, -0.2) is 68.0 Å². The maximum atomic E-state index is 12.9. The summed E-state index contributed by atoms with van der Waals surface area (Å²) in [6.45, 7) is 13.2. The van der Waals surface area contributed by atoms with Crippen molar-refractivity contribution in [2.45, 2.75) is 41.6 Å². The third-order valence-electron chi connectivity index (χ3n) is 3.64. The van der Waals surface area contributed by atoms with Crippen molar-refractivity contribution in [3.05, 3.63) is 0 Å². The normalized spacial score (nSPS) is 16.4. The predicted molar refractivity (Wildman–Crippen MR) is 109 cm³/mol. The van der Waals surface area contributed by atoms with E-state index < -0.39 is 0 Å². The minimum atomic E-state index is -0.0134. The van der Waals surface area contributed by atoms with Crippen molar-refractivity contribution < 1.29 is 4.79 Å². The smallest absolute Gasteiger partial charge is 0.165 e. The number of carbonyl (C=O) groups excluding carboxylic acids is 1. The number of likely N-dealkylation sites (N-methyl/N-ethyl adjacent to an activating group) is 1. The summed E-state index contributed by atoms with van der Waals surface area (Å²) in [5.74, 6) is 1.09. The molecule has 3 atom stereocenters. The van der Waals surface area contributed by atoms with Gasteiger partial charge in [-0.3, -0.25) is 9.69 Å². The molecule has 120 valence electrons. The van der Waals surface area contributed by atoms with E-state index in [-0.39, 0.29) is 13.9 Å². The van der Waals surface area contributed by atoms with Crippen molar-refractivity contribution in [1.82, 2.24) is 9.80 Å². The van der Waals surface area contributed by atoms with Crippen molar-refractivity contribution in [3.8, 4) is 0 Å². The molecule has 6 heteroatoms. The molecule has 0 aromatic rings. The SMILES string of the molecule is CCN(CC)CC(I)C(=O)C(C(I)CS)N(CC)CC. The van der Waals surface area contributed by atoms with Gasteiger partial charge in [-0.05, 0) is 26.2 Å². The fraction of sp³-hybridized carbons (Fsp3) is 0.929. The molecule has 0 heterocycles. The molecule has 0 rings (SSSR count). The van der Waals surface area contributed by atoms with E-state index in [1.807, 2.05) is 0 Å². The van der Waals surface area contributed by atoms with E-state index in [9.17, 15) is 4.79 Å². The highest BCUT2D eigenvalue weighted by Gasteiger charge is 2.34. The zero-order valence-corrected chi connectivity index (χ0v) is 18.2. The highest BCUT2D eigenvalue weighted by molar-refractivity contribution is 14.1. The lowest BCUT2D eigenvalue weighted by Crippen LogP contribution is -2.51. The zero-order chi connectivity index (χ0) is 15.7. The van der Waals surface area contributed by atoms with Gasteiger partial charge in [-0.25, -0.2) is 0 Å². The van der Waals surface area contributed by atoms with Gasteiger partial charge in [-0.1, -0.05) is 72.9 Å². The molecule has 20 heavy (non-hydrogen) atoms. The summed E-state index contributed by atoms with van der Waals surface area (Å²) >= 11 is 9.09. The van der Waals surface area contributed by atoms with Crippen molar-refractivity contribution >= 4 is 63.6 Å². The summed E-state index contributed by atoms with van der Waals surface area (Å²) in [6.07, 6.45) is 0. The van der Waals surface area contributed by atoms with E-state index >= 15 is 0 Å². The van der Waals surface area contributed by atoms with Gasteiger partial charge >= 0.3 is 0 Å². The molecule has 0 bridgehead atoms. The van der Waals surface area contributed by atoms with Gasteiger partial charge < -0.3 is 4.90 Å². The van der Waals surface area contributed by atoms with Gasteiger partial charge in [0.15, 0.2) is 5.78 Å². The van der Waals surface area contributed by atoms with Crippen molar-refractivity contribution in [1.29, 1.82) is 0 Å². The number of Topliss-reactive ketones (excluding diaryl/α,β-unsaturated/α-hetero) is 1. The third-order valence-corrected chi connectivity index (χ3v) is 6.86. The van der Waals surface area contributed by atoms with Gasteiger partial charge in [-0.2, -0.15) is 12.6 Å². The highest BCUT2D eigenvalue weighted by Crippen LogP contribution is 2.20. The maximum Gasteiger partial charge on any atom is 0.165 e. The molecule has 0 aliphatic rings. The van der Waals surface area contributed by atoms with Gasteiger partial charge in [0, 0.05) is 16.2 Å². The molecule has 0 saturated carbocycles. The second-order valence-corrected chi connectivity index (χ2v) is 8.19. The van der Waals surface area contributed by atoms with Crippen LogP contribution in [0.25, 0.3) is 0 Å². The van der Waals surface area contributed by atoms with Crippen molar-refractivity contribution in [2.24, 2.45) is 0 Å². The standard InChI is InChI=1S/C14H28I2N2OS/c1-5-17(6-2)9-11(15)14(19)13(12(16)10-20)18(7-3)8-4/h11-13,20H,5-10H2,1-4H3. The Morgan fingerprint density at radius 2 is 1.55 bits per heavy atom. The van der Waals surface area contributed by atoms with Crippen LogP contribution >= 0.6 is 57.8 Å². The summed E-state index contributed by atoms with van der Waals surface area (Å²) in [5.41, 5.74) is 0. The van der Waals surface area contributed by atoms with E-state index in [1.54, 1.807) is 0 Å². The first kappa shape index (κ1) is 21.4. The third kappa shape index (κ3) is 6.66. The van der Waals surface area contributed by atoms with E-state index in [4.69, 9.17) is 0 Å². The monoisotopic (exact) mass is 526 g/mol. The number of nitrogens with zero attached hydrogens (tertiary/aromatic N) is 2. The van der Waals surface area contributed by atoms with Crippen LogP contribution < -0.4 is 0 Å². The van der Waals surface area contributed by atoms with E-state index in [0.29, 0.717) is 5.78 Å². The molecule has 0 radical (unpaired) electrons. The van der Waals surface area contributed by atoms with Crippen LogP contribution in [0, 0.1) is 0 Å². The molecular formula is C14H28I2N2OS. The highest BCUT2D eigenvalue weighted by atomic mass is 127. The zero-order valence-electron chi connectivity index (χ0n) is 13.0. The molecule has 0 fully saturated rings. The topological polar surface area (TPSA) is 23.6 Å². The average Bonchev–Trinajstić information content (AvgIpc) is 2.48. The van der Waals surface area contributed by atoms with E-state index in [1.165, 1.54) is 0 Å². The minimum absolute atomic E-state index is 0.0134. The van der Waals surface area contributed by atoms with Crippen LogP contribution in [0.1, 0.15) is 27.7 Å². The fourth-order valence-electron chi connectivity index (χ4n) is 2.29. The molecule has 3 unspecified atom stereocenters. The summed E-state index contributed by atoms with van der Waals surface area (Å²) < 4.78 is 0.313. The van der Waals surface area contributed by atoms with Crippen LogP contribution in [-0.2, 0) is 4.79 Å². The second kappa shape index (κ2) is 11.9. The lowest BCUT2D eigenvalue weighted by molar-refractivity contribution is -0.123. The first-order chi connectivity index (χ1) is 9.46. The quantitative estimate of drug-likeness (QED) is 0.255. The van der Waals surface area contributed by atoms with Crippen molar-refractivity contribution in [3.63, 3.8) is 0 Å². The fourth-order valence-corrected chi connectivity index (χ4v) is 4.22. The molecule has 0 aliphatic carbocycles. The number of alkyl halides is 2. The maximum absolute atomic E-state index is 12.9. The number of hydrogen-bond donors (Lipinski definition) is 1. The molecule has 0 N–H and O–H groups in total. The first-order valence-electron chi connectivity index (χ1n) is 7.35. The average molecular weight is 526 g/mol. The Kier molecular flexibility index (Phi) is 12.7. The molecule has 0 saturated heterocycles. The number of halogens is 2. The molecule has 3 nitrogen and oxygen atoms in total. The van der Waals surface area contributed by atoms with Gasteiger partial charge in [0.25, 0.3) is 0 Å². The Balaban J connectivity index is 4.93. The van der Waals surface area contributed by atoms with Crippen LogP contribution in [0.5, 0.6) is 0 Å². The largest absolute Gasteiger partial charge is 0.302 e. The summed E-state index contributed by atoms with van der Waals surface area (Å²) in [4.78, 5) is 17.4. The Morgan fingerprint density at radius 1 is 1.05 bits per heavy atom. The van der Waals surface area contributed by atoms with E-state index in [0.717, 1.165) is 38.5 Å². The van der Waals surface area contributed by atoms with E-state index in [2.05, 4.69) is 95.3 Å².